The van der Waals surface area contributed by atoms with Crippen LogP contribution in [0.4, 0.5) is 21.5 Å². The molecule has 2 rings (SSSR count). The van der Waals surface area contributed by atoms with Crippen LogP contribution in [0.3, 0.4) is 0 Å². The van der Waals surface area contributed by atoms with Gasteiger partial charge < -0.3 is 16.8 Å². The highest BCUT2D eigenvalue weighted by Crippen LogP contribution is 2.28. The third-order valence-corrected chi connectivity index (χ3v) is 3.17. The summed E-state index contributed by atoms with van der Waals surface area (Å²) in [6.45, 7) is 0. The van der Waals surface area contributed by atoms with Crippen LogP contribution in [0.25, 0.3) is 0 Å². The molecule has 19 heavy (non-hydrogen) atoms. The smallest absolute Gasteiger partial charge is 0.250 e. The van der Waals surface area contributed by atoms with Crippen molar-refractivity contribution < 1.29 is 9.18 Å². The van der Waals surface area contributed by atoms with Gasteiger partial charge in [0.15, 0.2) is 0 Å². The lowest BCUT2D eigenvalue weighted by atomic mass is 10.1. The molecular formula is C13H11BrFN3O. The Morgan fingerprint density at radius 3 is 2.47 bits per heavy atom. The fourth-order valence-corrected chi connectivity index (χ4v) is 2.06. The maximum atomic E-state index is 13.0. The first-order valence-corrected chi connectivity index (χ1v) is 6.18. The first kappa shape index (κ1) is 13.4. The number of nitrogens with two attached hydrogens (primary N) is 2. The molecule has 0 unspecified atom stereocenters. The number of anilines is 3. The fraction of sp³-hybridized carbons (Fsp3) is 0. The lowest BCUT2D eigenvalue weighted by molar-refractivity contribution is 0.100. The second-order valence-electron chi connectivity index (χ2n) is 3.92. The van der Waals surface area contributed by atoms with E-state index in [0.717, 1.165) is 0 Å². The zero-order valence-corrected chi connectivity index (χ0v) is 11.4. The first-order valence-electron chi connectivity index (χ1n) is 5.39. The van der Waals surface area contributed by atoms with Gasteiger partial charge in [0.25, 0.3) is 5.91 Å². The second kappa shape index (κ2) is 5.27. The molecule has 98 valence electrons. The van der Waals surface area contributed by atoms with Crippen molar-refractivity contribution >= 4 is 38.9 Å². The molecule has 0 aliphatic rings. The van der Waals surface area contributed by atoms with E-state index in [1.165, 1.54) is 18.2 Å². The standard InChI is InChI=1S/C13H11BrFN3O/c14-10-5-7(15)1-3-12(10)18-11-4-2-8(16)6-9(11)13(17)19/h1-6,18H,16H2,(H2,17,19). The predicted octanol–water partition coefficient (Wildman–Crippen LogP) is 3.01. The van der Waals surface area contributed by atoms with Gasteiger partial charge in [-0.15, -0.1) is 0 Å². The van der Waals surface area contributed by atoms with E-state index in [4.69, 9.17) is 11.5 Å². The Labute approximate surface area is 117 Å². The van der Waals surface area contributed by atoms with E-state index < -0.39 is 5.91 Å². The van der Waals surface area contributed by atoms with E-state index >= 15 is 0 Å². The Hall–Kier alpha value is -2.08. The van der Waals surface area contributed by atoms with Gasteiger partial charge in [-0.3, -0.25) is 4.79 Å². The van der Waals surface area contributed by atoms with Gasteiger partial charge in [0.2, 0.25) is 0 Å². The van der Waals surface area contributed by atoms with Crippen LogP contribution in [0.2, 0.25) is 0 Å². The van der Waals surface area contributed by atoms with E-state index in [2.05, 4.69) is 21.2 Å². The molecule has 0 saturated carbocycles. The summed E-state index contributed by atoms with van der Waals surface area (Å²) in [6.07, 6.45) is 0. The zero-order chi connectivity index (χ0) is 14.0. The van der Waals surface area contributed by atoms with Crippen molar-refractivity contribution in [3.63, 3.8) is 0 Å². The SMILES string of the molecule is NC(=O)c1cc(N)ccc1Nc1ccc(F)cc1Br. The number of carbonyl (C=O) groups excluding carboxylic acids is 1. The normalized spacial score (nSPS) is 10.2. The molecular weight excluding hydrogens is 313 g/mol. The van der Waals surface area contributed by atoms with Gasteiger partial charge in [0.1, 0.15) is 5.82 Å². The predicted molar refractivity (Wildman–Crippen MR) is 76.8 cm³/mol. The Morgan fingerprint density at radius 1 is 1.16 bits per heavy atom. The summed E-state index contributed by atoms with van der Waals surface area (Å²) in [4.78, 5) is 11.4. The first-order chi connectivity index (χ1) is 8.97. The van der Waals surface area contributed by atoms with Crippen molar-refractivity contribution in [1.29, 1.82) is 0 Å². The number of benzene rings is 2. The molecule has 0 aromatic heterocycles. The number of hydrogen-bond acceptors (Lipinski definition) is 3. The Bertz CT molecular complexity index is 646. The lowest BCUT2D eigenvalue weighted by Crippen LogP contribution is -2.13. The van der Waals surface area contributed by atoms with Gasteiger partial charge in [-0.05, 0) is 52.3 Å². The van der Waals surface area contributed by atoms with Crippen molar-refractivity contribution in [3.05, 3.63) is 52.3 Å². The molecule has 0 saturated heterocycles. The van der Waals surface area contributed by atoms with Crippen LogP contribution < -0.4 is 16.8 Å². The highest BCUT2D eigenvalue weighted by atomic mass is 79.9. The average Bonchev–Trinajstić information content (AvgIpc) is 2.34. The van der Waals surface area contributed by atoms with E-state index in [9.17, 15) is 9.18 Å². The van der Waals surface area contributed by atoms with Crippen LogP contribution in [0.1, 0.15) is 10.4 Å². The second-order valence-corrected chi connectivity index (χ2v) is 4.77. The van der Waals surface area contributed by atoms with Crippen molar-refractivity contribution in [3.8, 4) is 0 Å². The molecule has 0 heterocycles. The number of primary amides is 1. The Morgan fingerprint density at radius 2 is 1.84 bits per heavy atom. The van der Waals surface area contributed by atoms with Crippen LogP contribution in [-0.4, -0.2) is 5.91 Å². The third-order valence-electron chi connectivity index (χ3n) is 2.51. The van der Waals surface area contributed by atoms with Crippen molar-refractivity contribution in [2.24, 2.45) is 5.73 Å². The van der Waals surface area contributed by atoms with Gasteiger partial charge >= 0.3 is 0 Å². The number of hydrogen-bond donors (Lipinski definition) is 3. The summed E-state index contributed by atoms with van der Waals surface area (Å²) in [7, 11) is 0. The number of amides is 1. The number of nitrogens with one attached hydrogen (secondary N) is 1. The summed E-state index contributed by atoms with van der Waals surface area (Å²) < 4.78 is 13.5. The Balaban J connectivity index is 2.40. The molecule has 2 aromatic rings. The van der Waals surface area contributed by atoms with Gasteiger partial charge in [0, 0.05) is 10.2 Å². The highest BCUT2D eigenvalue weighted by molar-refractivity contribution is 9.10. The maximum absolute atomic E-state index is 13.0. The van der Waals surface area contributed by atoms with Crippen LogP contribution in [0.5, 0.6) is 0 Å². The van der Waals surface area contributed by atoms with E-state index in [0.29, 0.717) is 21.5 Å². The summed E-state index contributed by atoms with van der Waals surface area (Å²) in [6, 6.07) is 8.97. The van der Waals surface area contributed by atoms with E-state index in [1.807, 2.05) is 0 Å². The van der Waals surface area contributed by atoms with Crippen molar-refractivity contribution in [2.75, 3.05) is 11.1 Å². The third kappa shape index (κ3) is 3.03. The number of halogens is 2. The molecule has 2 aromatic carbocycles. The molecule has 0 bridgehead atoms. The molecule has 0 radical (unpaired) electrons. The molecule has 0 atom stereocenters. The summed E-state index contributed by atoms with van der Waals surface area (Å²) >= 11 is 3.24. The van der Waals surface area contributed by atoms with Crippen LogP contribution in [0.15, 0.2) is 40.9 Å². The van der Waals surface area contributed by atoms with Gasteiger partial charge in [-0.25, -0.2) is 4.39 Å². The molecule has 0 spiro atoms. The van der Waals surface area contributed by atoms with Crippen LogP contribution in [0, 0.1) is 5.82 Å². The molecule has 6 heteroatoms. The molecule has 0 fully saturated rings. The van der Waals surface area contributed by atoms with E-state index in [1.54, 1.807) is 18.2 Å². The molecule has 0 aliphatic heterocycles. The quantitative estimate of drug-likeness (QED) is 0.759. The molecule has 0 aliphatic carbocycles. The minimum atomic E-state index is -0.590. The Kier molecular flexibility index (Phi) is 3.71. The van der Waals surface area contributed by atoms with Gasteiger partial charge in [-0.1, -0.05) is 0 Å². The molecule has 1 amide bonds. The average molecular weight is 324 g/mol. The van der Waals surface area contributed by atoms with Gasteiger partial charge in [0.05, 0.1) is 16.9 Å². The highest BCUT2D eigenvalue weighted by Gasteiger charge is 2.10. The summed E-state index contributed by atoms with van der Waals surface area (Å²) in [5.74, 6) is -0.946. The zero-order valence-electron chi connectivity index (χ0n) is 9.78. The van der Waals surface area contributed by atoms with Crippen LogP contribution >= 0.6 is 15.9 Å². The summed E-state index contributed by atoms with van der Waals surface area (Å²) in [5.41, 5.74) is 12.8. The topological polar surface area (TPSA) is 81.1 Å². The number of carbonyl (C=O) groups is 1. The monoisotopic (exact) mass is 323 g/mol. The van der Waals surface area contributed by atoms with Crippen molar-refractivity contribution in [1.82, 2.24) is 0 Å². The number of nitrogen functional groups attached to an aromatic ring is 1. The van der Waals surface area contributed by atoms with Gasteiger partial charge in [-0.2, -0.15) is 0 Å². The fourth-order valence-electron chi connectivity index (χ4n) is 1.61. The van der Waals surface area contributed by atoms with E-state index in [-0.39, 0.29) is 11.4 Å². The maximum Gasteiger partial charge on any atom is 0.250 e. The largest absolute Gasteiger partial charge is 0.399 e. The lowest BCUT2D eigenvalue weighted by Gasteiger charge is -2.12. The minimum Gasteiger partial charge on any atom is -0.399 e. The molecule has 5 N–H and O–H groups in total. The van der Waals surface area contributed by atoms with Crippen LogP contribution in [-0.2, 0) is 0 Å². The molecule has 4 nitrogen and oxygen atoms in total. The van der Waals surface area contributed by atoms with Crippen molar-refractivity contribution in [2.45, 2.75) is 0 Å². The number of rotatable bonds is 3. The minimum absolute atomic E-state index is 0.274. The summed E-state index contributed by atoms with van der Waals surface area (Å²) in [5, 5.41) is 3.01.